The van der Waals surface area contributed by atoms with E-state index in [1.807, 2.05) is 42.2 Å². The van der Waals surface area contributed by atoms with E-state index in [0.717, 1.165) is 22.6 Å². The van der Waals surface area contributed by atoms with Gasteiger partial charge in [0.05, 0.1) is 11.6 Å². The SMILES string of the molecule is Cc1cc(N2CCC(C(F)(F)F)CC2)ccc1Nc1ccc2c(c1)OC(C)C(=O)N2. The smallest absolute Gasteiger partial charge is 0.391 e. The number of fused-ring (bicyclic) bond motifs is 1. The molecular formula is C22H24F3N3O2. The Balaban J connectivity index is 1.45. The number of anilines is 4. The molecule has 0 aromatic heterocycles. The summed E-state index contributed by atoms with van der Waals surface area (Å²) in [4.78, 5) is 13.7. The molecule has 160 valence electrons. The molecule has 1 saturated heterocycles. The highest BCUT2D eigenvalue weighted by molar-refractivity contribution is 5.97. The number of hydrogen-bond donors (Lipinski definition) is 2. The summed E-state index contributed by atoms with van der Waals surface area (Å²) in [5.41, 5.74) is 4.28. The number of aryl methyl sites for hydroxylation is 1. The maximum Gasteiger partial charge on any atom is 0.391 e. The Labute approximate surface area is 173 Å². The number of piperidine rings is 1. The van der Waals surface area contributed by atoms with Gasteiger partial charge in [0.25, 0.3) is 5.91 Å². The van der Waals surface area contributed by atoms with Gasteiger partial charge in [0.2, 0.25) is 0 Å². The molecule has 0 aliphatic carbocycles. The summed E-state index contributed by atoms with van der Waals surface area (Å²) >= 11 is 0. The molecule has 0 radical (unpaired) electrons. The van der Waals surface area contributed by atoms with Gasteiger partial charge in [-0.15, -0.1) is 0 Å². The molecule has 0 spiro atoms. The minimum atomic E-state index is -4.10. The lowest BCUT2D eigenvalue weighted by Gasteiger charge is -2.34. The normalized spacial score (nSPS) is 19.7. The number of nitrogens with one attached hydrogen (secondary N) is 2. The number of ether oxygens (including phenoxy) is 1. The summed E-state index contributed by atoms with van der Waals surface area (Å²) in [6.07, 6.45) is -4.39. The first kappa shape index (κ1) is 20.4. The molecule has 2 aromatic rings. The minimum Gasteiger partial charge on any atom is -0.479 e. The molecule has 1 amide bonds. The van der Waals surface area contributed by atoms with Crippen molar-refractivity contribution in [2.75, 3.05) is 28.6 Å². The molecule has 2 N–H and O–H groups in total. The number of halogens is 3. The number of alkyl halides is 3. The van der Waals surface area contributed by atoms with Crippen molar-refractivity contribution in [3.63, 3.8) is 0 Å². The molecule has 1 fully saturated rings. The Morgan fingerprint density at radius 1 is 1.13 bits per heavy atom. The van der Waals surface area contributed by atoms with Crippen LogP contribution in [-0.4, -0.2) is 31.3 Å². The third-order valence-electron chi connectivity index (χ3n) is 5.72. The van der Waals surface area contributed by atoms with Crippen LogP contribution in [0, 0.1) is 12.8 Å². The number of nitrogens with zero attached hydrogens (tertiary/aromatic N) is 1. The number of hydrogen-bond acceptors (Lipinski definition) is 4. The van der Waals surface area contributed by atoms with Gasteiger partial charge in [-0.1, -0.05) is 0 Å². The van der Waals surface area contributed by atoms with Gasteiger partial charge in [-0.25, -0.2) is 0 Å². The second-order valence-electron chi connectivity index (χ2n) is 7.89. The number of carbonyl (C=O) groups excluding carboxylic acids is 1. The van der Waals surface area contributed by atoms with Gasteiger partial charge in [0, 0.05) is 36.2 Å². The summed E-state index contributed by atoms with van der Waals surface area (Å²) in [6.45, 7) is 4.47. The van der Waals surface area contributed by atoms with E-state index < -0.39 is 18.2 Å². The van der Waals surface area contributed by atoms with Crippen LogP contribution in [0.15, 0.2) is 36.4 Å². The average molecular weight is 419 g/mol. The van der Waals surface area contributed by atoms with Gasteiger partial charge >= 0.3 is 6.18 Å². The summed E-state index contributed by atoms with van der Waals surface area (Å²) in [5.74, 6) is -0.766. The highest BCUT2D eigenvalue weighted by Gasteiger charge is 2.41. The van der Waals surface area contributed by atoms with Crippen LogP contribution in [0.25, 0.3) is 0 Å². The summed E-state index contributed by atoms with van der Waals surface area (Å²) < 4.78 is 44.3. The molecule has 2 aliphatic heterocycles. The Kier molecular flexibility index (Phi) is 5.26. The fraction of sp³-hybridized carbons (Fsp3) is 0.409. The zero-order valence-corrected chi connectivity index (χ0v) is 16.8. The van der Waals surface area contributed by atoms with Gasteiger partial charge in [0.1, 0.15) is 5.75 Å². The van der Waals surface area contributed by atoms with E-state index in [4.69, 9.17) is 4.74 Å². The highest BCUT2D eigenvalue weighted by atomic mass is 19.4. The van der Waals surface area contributed by atoms with Gasteiger partial charge in [-0.2, -0.15) is 13.2 Å². The predicted octanol–water partition coefficient (Wildman–Crippen LogP) is 5.24. The first-order valence-corrected chi connectivity index (χ1v) is 10.0. The van der Waals surface area contributed by atoms with Crippen molar-refractivity contribution in [1.29, 1.82) is 0 Å². The van der Waals surface area contributed by atoms with E-state index in [-0.39, 0.29) is 18.7 Å². The first-order valence-electron chi connectivity index (χ1n) is 10.0. The molecular weight excluding hydrogens is 395 g/mol. The first-order chi connectivity index (χ1) is 14.2. The van der Waals surface area contributed by atoms with Crippen LogP contribution in [0.1, 0.15) is 25.3 Å². The molecule has 4 rings (SSSR count). The third kappa shape index (κ3) is 4.17. The van der Waals surface area contributed by atoms with Crippen LogP contribution in [0.3, 0.4) is 0 Å². The average Bonchev–Trinajstić information content (AvgIpc) is 2.70. The van der Waals surface area contributed by atoms with Gasteiger partial charge in [-0.05, 0) is 62.6 Å². The van der Waals surface area contributed by atoms with Crippen LogP contribution in [0.5, 0.6) is 5.75 Å². The van der Waals surface area contributed by atoms with Gasteiger partial charge in [0.15, 0.2) is 6.10 Å². The Bertz CT molecular complexity index is 953. The van der Waals surface area contributed by atoms with Crippen LogP contribution in [0.4, 0.5) is 35.9 Å². The van der Waals surface area contributed by atoms with Crippen molar-refractivity contribution < 1.29 is 22.7 Å². The zero-order valence-electron chi connectivity index (χ0n) is 16.8. The number of benzene rings is 2. The fourth-order valence-electron chi connectivity index (χ4n) is 3.88. The van der Waals surface area contributed by atoms with Crippen LogP contribution in [0.2, 0.25) is 0 Å². The third-order valence-corrected chi connectivity index (χ3v) is 5.72. The van der Waals surface area contributed by atoms with E-state index in [2.05, 4.69) is 10.6 Å². The molecule has 2 heterocycles. The van der Waals surface area contributed by atoms with Crippen LogP contribution < -0.4 is 20.3 Å². The van der Waals surface area contributed by atoms with Crippen LogP contribution >= 0.6 is 0 Å². The maximum absolute atomic E-state index is 12.9. The molecule has 30 heavy (non-hydrogen) atoms. The topological polar surface area (TPSA) is 53.6 Å². The number of rotatable bonds is 3. The predicted molar refractivity (Wildman–Crippen MR) is 111 cm³/mol. The Morgan fingerprint density at radius 2 is 1.87 bits per heavy atom. The molecule has 1 unspecified atom stereocenters. The molecule has 1 atom stereocenters. The Morgan fingerprint density at radius 3 is 2.53 bits per heavy atom. The number of carbonyl (C=O) groups is 1. The van der Waals surface area contributed by atoms with Crippen molar-refractivity contribution in [3.05, 3.63) is 42.0 Å². The molecule has 2 aromatic carbocycles. The zero-order chi connectivity index (χ0) is 21.5. The van der Waals surface area contributed by atoms with Crippen molar-refractivity contribution in [1.82, 2.24) is 0 Å². The molecule has 0 bridgehead atoms. The molecule has 2 aliphatic rings. The van der Waals surface area contributed by atoms with E-state index >= 15 is 0 Å². The second kappa shape index (κ2) is 7.74. The lowest BCUT2D eigenvalue weighted by molar-refractivity contribution is -0.179. The monoisotopic (exact) mass is 419 g/mol. The van der Waals surface area contributed by atoms with Crippen LogP contribution in [-0.2, 0) is 4.79 Å². The Hall–Kier alpha value is -2.90. The lowest BCUT2D eigenvalue weighted by Crippen LogP contribution is -2.39. The summed E-state index contributed by atoms with van der Waals surface area (Å²) in [5, 5.41) is 6.15. The maximum atomic E-state index is 12.9. The second-order valence-corrected chi connectivity index (χ2v) is 7.89. The minimum absolute atomic E-state index is 0.132. The van der Waals surface area contributed by atoms with Crippen molar-refractivity contribution in [2.45, 2.75) is 39.0 Å². The lowest BCUT2D eigenvalue weighted by atomic mass is 9.96. The molecule has 5 nitrogen and oxygen atoms in total. The standard InChI is InChI=1S/C22H24F3N3O2/c1-13-11-17(28-9-7-15(8-10-28)22(23,24)25)4-6-18(13)26-16-3-5-19-20(12-16)30-14(2)21(29)27-19/h3-6,11-12,14-15,26H,7-10H2,1-2H3,(H,27,29). The van der Waals surface area contributed by atoms with Gasteiger partial charge < -0.3 is 20.3 Å². The van der Waals surface area contributed by atoms with E-state index in [1.165, 1.54) is 0 Å². The summed E-state index contributed by atoms with van der Waals surface area (Å²) in [6, 6.07) is 11.3. The van der Waals surface area contributed by atoms with Gasteiger partial charge in [-0.3, -0.25) is 4.79 Å². The largest absolute Gasteiger partial charge is 0.479 e. The molecule has 8 heteroatoms. The molecule has 0 saturated carbocycles. The van der Waals surface area contributed by atoms with Crippen molar-refractivity contribution >= 4 is 28.7 Å². The van der Waals surface area contributed by atoms with Crippen molar-refractivity contribution in [3.8, 4) is 5.75 Å². The fourth-order valence-corrected chi connectivity index (χ4v) is 3.88. The highest BCUT2D eigenvalue weighted by Crippen LogP contribution is 2.37. The summed E-state index contributed by atoms with van der Waals surface area (Å²) in [7, 11) is 0. The van der Waals surface area contributed by atoms with E-state index in [0.29, 0.717) is 24.5 Å². The quantitative estimate of drug-likeness (QED) is 0.715. The van der Waals surface area contributed by atoms with E-state index in [9.17, 15) is 18.0 Å². The van der Waals surface area contributed by atoms with E-state index in [1.54, 1.807) is 13.0 Å². The number of amides is 1. The van der Waals surface area contributed by atoms with Crippen molar-refractivity contribution in [2.24, 2.45) is 5.92 Å².